The molecule has 106 valence electrons. The monoisotopic (exact) mass is 278 g/mol. The van der Waals surface area contributed by atoms with Crippen molar-refractivity contribution in [2.75, 3.05) is 5.32 Å². The number of benzene rings is 1. The van der Waals surface area contributed by atoms with Crippen LogP contribution in [0.25, 0.3) is 0 Å². The van der Waals surface area contributed by atoms with Gasteiger partial charge in [-0.25, -0.2) is 0 Å². The van der Waals surface area contributed by atoms with Gasteiger partial charge in [0.15, 0.2) is 0 Å². The van der Waals surface area contributed by atoms with E-state index in [2.05, 4.69) is 35.4 Å². The summed E-state index contributed by atoms with van der Waals surface area (Å²) in [6, 6.07) is 8.06. The van der Waals surface area contributed by atoms with E-state index >= 15 is 0 Å². The number of phenols is 1. The van der Waals surface area contributed by atoms with E-state index in [1.54, 1.807) is 12.3 Å². The lowest BCUT2D eigenvalue weighted by molar-refractivity contribution is 0.413. The van der Waals surface area contributed by atoms with Gasteiger partial charge >= 0.3 is 0 Å². The zero-order valence-corrected chi connectivity index (χ0v) is 12.0. The average Bonchev–Trinajstić information content (AvgIpc) is 3.00. The number of pyridine rings is 1. The number of aryl methyl sites for hydroxylation is 1. The van der Waals surface area contributed by atoms with Crippen LogP contribution in [0.5, 0.6) is 5.75 Å². The van der Waals surface area contributed by atoms with Gasteiger partial charge in [-0.15, -0.1) is 0 Å². The molecule has 2 aliphatic rings. The van der Waals surface area contributed by atoms with Crippen molar-refractivity contribution < 1.29 is 5.11 Å². The van der Waals surface area contributed by atoms with Gasteiger partial charge < -0.3 is 10.4 Å². The molecule has 1 aromatic carbocycles. The molecule has 2 heterocycles. The Morgan fingerprint density at radius 2 is 2.19 bits per heavy atom. The highest BCUT2D eigenvalue weighted by Crippen LogP contribution is 2.52. The fourth-order valence-electron chi connectivity index (χ4n) is 3.77. The van der Waals surface area contributed by atoms with Crippen molar-refractivity contribution in [3.8, 4) is 5.75 Å². The number of rotatable bonds is 1. The first-order valence-electron chi connectivity index (χ1n) is 7.41. The van der Waals surface area contributed by atoms with E-state index in [-0.39, 0.29) is 6.04 Å². The Hall–Kier alpha value is -2.29. The Balaban J connectivity index is 1.86. The number of nitrogens with zero attached hydrogens (tertiary/aromatic N) is 1. The van der Waals surface area contributed by atoms with E-state index in [0.717, 1.165) is 12.1 Å². The third kappa shape index (κ3) is 1.84. The molecular formula is C18H18N2O. The van der Waals surface area contributed by atoms with Crippen molar-refractivity contribution in [2.45, 2.75) is 25.3 Å². The van der Waals surface area contributed by atoms with Crippen LogP contribution in [0.4, 0.5) is 5.69 Å². The third-order valence-corrected chi connectivity index (χ3v) is 4.76. The number of hydrogen-bond acceptors (Lipinski definition) is 3. The predicted octanol–water partition coefficient (Wildman–Crippen LogP) is 3.92. The van der Waals surface area contributed by atoms with Gasteiger partial charge in [0.25, 0.3) is 0 Å². The first-order valence-corrected chi connectivity index (χ1v) is 7.41. The molecule has 2 aromatic rings. The molecule has 0 saturated carbocycles. The largest absolute Gasteiger partial charge is 0.506 e. The van der Waals surface area contributed by atoms with Crippen LogP contribution >= 0.6 is 0 Å². The zero-order valence-electron chi connectivity index (χ0n) is 12.0. The fourth-order valence-corrected chi connectivity index (χ4v) is 3.77. The Kier molecular flexibility index (Phi) is 2.74. The first kappa shape index (κ1) is 12.5. The standard InChI is InChI=1S/C18H18N2O/c1-11-7-8-15(21)18-16(11)13-5-2-6-14(13)17(20-18)12-4-3-9-19-10-12/h2-5,7-10,13-14,17,20-21H,6H2,1H3. The molecule has 3 unspecified atom stereocenters. The van der Waals surface area contributed by atoms with E-state index in [0.29, 0.717) is 17.6 Å². The van der Waals surface area contributed by atoms with Crippen molar-refractivity contribution in [3.05, 3.63) is 65.5 Å². The Bertz CT molecular complexity index is 709. The molecule has 0 saturated heterocycles. The molecule has 4 rings (SSSR count). The predicted molar refractivity (Wildman–Crippen MR) is 83.4 cm³/mol. The third-order valence-electron chi connectivity index (χ3n) is 4.76. The summed E-state index contributed by atoms with van der Waals surface area (Å²) in [5, 5.41) is 13.8. The van der Waals surface area contributed by atoms with Crippen LogP contribution in [0.3, 0.4) is 0 Å². The first-order chi connectivity index (χ1) is 10.3. The number of phenolic OH excluding ortho intramolecular Hbond substituents is 1. The van der Waals surface area contributed by atoms with Gasteiger partial charge in [-0.05, 0) is 48.1 Å². The summed E-state index contributed by atoms with van der Waals surface area (Å²) < 4.78 is 0. The Morgan fingerprint density at radius 3 is 3.00 bits per heavy atom. The van der Waals surface area contributed by atoms with Crippen LogP contribution in [-0.2, 0) is 0 Å². The van der Waals surface area contributed by atoms with Gasteiger partial charge in [-0.1, -0.05) is 24.3 Å². The number of nitrogens with one attached hydrogen (secondary N) is 1. The van der Waals surface area contributed by atoms with E-state index in [9.17, 15) is 5.11 Å². The van der Waals surface area contributed by atoms with E-state index in [1.807, 2.05) is 18.3 Å². The molecule has 0 bridgehead atoms. The van der Waals surface area contributed by atoms with Gasteiger partial charge in [0.05, 0.1) is 11.7 Å². The highest BCUT2D eigenvalue weighted by molar-refractivity contribution is 5.69. The second-order valence-corrected chi connectivity index (χ2v) is 5.95. The van der Waals surface area contributed by atoms with Gasteiger partial charge in [0, 0.05) is 18.3 Å². The number of allylic oxidation sites excluding steroid dienone is 2. The van der Waals surface area contributed by atoms with Crippen LogP contribution in [0, 0.1) is 12.8 Å². The van der Waals surface area contributed by atoms with Crippen molar-refractivity contribution in [1.29, 1.82) is 0 Å². The van der Waals surface area contributed by atoms with Gasteiger partial charge in [-0.2, -0.15) is 0 Å². The summed E-state index contributed by atoms with van der Waals surface area (Å²) >= 11 is 0. The lowest BCUT2D eigenvalue weighted by atomic mass is 9.76. The number of fused-ring (bicyclic) bond motifs is 3. The van der Waals surface area contributed by atoms with Crippen LogP contribution in [0.15, 0.2) is 48.8 Å². The number of hydrogen-bond donors (Lipinski definition) is 2. The normalized spacial score (nSPS) is 26.0. The maximum atomic E-state index is 10.3. The molecule has 0 fully saturated rings. The SMILES string of the molecule is Cc1ccc(O)c2c1C1C=CCC1C(c1cccnc1)N2. The molecule has 0 radical (unpaired) electrons. The lowest BCUT2D eigenvalue weighted by Crippen LogP contribution is -2.29. The molecular weight excluding hydrogens is 260 g/mol. The topological polar surface area (TPSA) is 45.2 Å². The number of anilines is 1. The second-order valence-electron chi connectivity index (χ2n) is 5.95. The summed E-state index contributed by atoms with van der Waals surface area (Å²) in [4.78, 5) is 4.25. The molecule has 2 N–H and O–H groups in total. The van der Waals surface area contributed by atoms with Gasteiger partial charge in [0.1, 0.15) is 5.75 Å². The van der Waals surface area contributed by atoms with Crippen molar-refractivity contribution in [2.24, 2.45) is 5.92 Å². The summed E-state index contributed by atoms with van der Waals surface area (Å²) in [5.74, 6) is 1.20. The molecule has 3 nitrogen and oxygen atoms in total. The zero-order chi connectivity index (χ0) is 14.4. The Morgan fingerprint density at radius 1 is 1.29 bits per heavy atom. The van der Waals surface area contributed by atoms with Crippen LogP contribution in [0.2, 0.25) is 0 Å². The number of aromatic hydroxyl groups is 1. The fraction of sp³-hybridized carbons (Fsp3) is 0.278. The van der Waals surface area contributed by atoms with Crippen molar-refractivity contribution >= 4 is 5.69 Å². The molecule has 1 aromatic heterocycles. The van der Waals surface area contributed by atoms with Crippen LogP contribution in [-0.4, -0.2) is 10.1 Å². The maximum absolute atomic E-state index is 10.3. The average molecular weight is 278 g/mol. The van der Waals surface area contributed by atoms with E-state index in [1.165, 1.54) is 16.7 Å². The molecule has 1 aliphatic carbocycles. The molecule has 0 spiro atoms. The molecule has 21 heavy (non-hydrogen) atoms. The molecule has 3 atom stereocenters. The summed E-state index contributed by atoms with van der Waals surface area (Å²) in [6.45, 7) is 2.12. The van der Waals surface area contributed by atoms with E-state index < -0.39 is 0 Å². The minimum absolute atomic E-state index is 0.193. The summed E-state index contributed by atoms with van der Waals surface area (Å²) in [5.41, 5.74) is 4.55. The molecule has 1 aliphatic heterocycles. The minimum atomic E-state index is 0.193. The summed E-state index contributed by atoms with van der Waals surface area (Å²) in [7, 11) is 0. The molecule has 0 amide bonds. The summed E-state index contributed by atoms with van der Waals surface area (Å²) in [6.07, 6.45) is 9.34. The quantitative estimate of drug-likeness (QED) is 0.614. The minimum Gasteiger partial charge on any atom is -0.506 e. The highest BCUT2D eigenvalue weighted by Gasteiger charge is 2.39. The van der Waals surface area contributed by atoms with E-state index in [4.69, 9.17) is 0 Å². The van der Waals surface area contributed by atoms with Crippen LogP contribution < -0.4 is 5.32 Å². The number of aromatic nitrogens is 1. The van der Waals surface area contributed by atoms with Crippen LogP contribution in [0.1, 0.15) is 35.1 Å². The molecule has 3 heteroatoms. The van der Waals surface area contributed by atoms with Gasteiger partial charge in [0.2, 0.25) is 0 Å². The van der Waals surface area contributed by atoms with Crippen molar-refractivity contribution in [1.82, 2.24) is 4.98 Å². The van der Waals surface area contributed by atoms with Gasteiger partial charge in [-0.3, -0.25) is 4.98 Å². The Labute approximate surface area is 124 Å². The second kappa shape index (κ2) is 4.62. The highest BCUT2D eigenvalue weighted by atomic mass is 16.3. The lowest BCUT2D eigenvalue weighted by Gasteiger charge is -2.38. The smallest absolute Gasteiger partial charge is 0.139 e. The maximum Gasteiger partial charge on any atom is 0.139 e. The van der Waals surface area contributed by atoms with Crippen molar-refractivity contribution in [3.63, 3.8) is 0 Å².